The van der Waals surface area contributed by atoms with E-state index in [9.17, 15) is 14.7 Å². The summed E-state index contributed by atoms with van der Waals surface area (Å²) in [5.41, 5.74) is 1.55. The normalized spacial score (nSPS) is 10.7. The summed E-state index contributed by atoms with van der Waals surface area (Å²) >= 11 is 1.18. The van der Waals surface area contributed by atoms with Gasteiger partial charge in [0.25, 0.3) is 0 Å². The number of aromatic carboxylic acids is 1. The molecular formula is C17H12N6O3S. The van der Waals surface area contributed by atoms with E-state index in [0.717, 1.165) is 0 Å². The number of amides is 2. The Bertz CT molecular complexity index is 1140. The predicted molar refractivity (Wildman–Crippen MR) is 101 cm³/mol. The van der Waals surface area contributed by atoms with Crippen LogP contribution in [-0.2, 0) is 0 Å². The van der Waals surface area contributed by atoms with E-state index in [2.05, 4.69) is 30.8 Å². The first kappa shape index (κ1) is 16.7. The highest BCUT2D eigenvalue weighted by molar-refractivity contribution is 7.19. The van der Waals surface area contributed by atoms with E-state index in [4.69, 9.17) is 0 Å². The summed E-state index contributed by atoms with van der Waals surface area (Å²) < 4.78 is 0. The van der Waals surface area contributed by atoms with Crippen LogP contribution in [0, 0.1) is 0 Å². The molecule has 4 aromatic rings. The zero-order valence-corrected chi connectivity index (χ0v) is 14.4. The van der Waals surface area contributed by atoms with Crippen LogP contribution >= 0.6 is 11.3 Å². The Kier molecular flexibility index (Phi) is 4.22. The maximum absolute atomic E-state index is 12.0. The van der Waals surface area contributed by atoms with E-state index in [1.54, 1.807) is 12.1 Å². The molecule has 134 valence electrons. The zero-order chi connectivity index (χ0) is 18.8. The van der Waals surface area contributed by atoms with Crippen molar-refractivity contribution >= 4 is 45.2 Å². The highest BCUT2D eigenvalue weighted by Gasteiger charge is 2.16. The fourth-order valence-corrected chi connectivity index (χ4v) is 3.24. The lowest BCUT2D eigenvalue weighted by Crippen LogP contribution is -2.19. The molecule has 0 spiro atoms. The lowest BCUT2D eigenvalue weighted by molar-refractivity contribution is 0.0699. The molecule has 0 saturated heterocycles. The standard InChI is InChI=1S/C17H12N6O3S/c24-15(25)10-6-12(21-14-11(10)7-19-23-14)13-8-18-17(27-13)22-16(26)20-9-4-2-1-3-5-9/h1-8H,(H,24,25)(H,19,21,23)(H2,18,20,22,26). The number of benzene rings is 1. The third kappa shape index (κ3) is 3.46. The molecular weight excluding hydrogens is 368 g/mol. The van der Waals surface area contributed by atoms with Crippen LogP contribution < -0.4 is 10.6 Å². The molecule has 4 rings (SSSR count). The molecule has 0 aliphatic rings. The molecule has 10 heteroatoms. The first-order chi connectivity index (χ1) is 13.1. The monoisotopic (exact) mass is 380 g/mol. The number of carbonyl (C=O) groups is 2. The van der Waals surface area contributed by atoms with Crippen LogP contribution in [0.1, 0.15) is 10.4 Å². The second kappa shape index (κ2) is 6.84. The van der Waals surface area contributed by atoms with Crippen molar-refractivity contribution in [2.45, 2.75) is 0 Å². The summed E-state index contributed by atoms with van der Waals surface area (Å²) in [6.45, 7) is 0. The van der Waals surface area contributed by atoms with Crippen molar-refractivity contribution in [1.29, 1.82) is 0 Å². The van der Waals surface area contributed by atoms with Gasteiger partial charge in [-0.25, -0.2) is 19.6 Å². The average Bonchev–Trinajstić information content (AvgIpc) is 3.30. The first-order valence-corrected chi connectivity index (χ1v) is 8.58. The number of H-pyrrole nitrogens is 1. The number of carboxylic acid groups (broad SMARTS) is 1. The highest BCUT2D eigenvalue weighted by Crippen LogP contribution is 2.30. The molecule has 0 aliphatic heterocycles. The molecule has 3 heterocycles. The van der Waals surface area contributed by atoms with E-state index in [1.807, 2.05) is 18.2 Å². The van der Waals surface area contributed by atoms with Crippen LogP contribution in [0.4, 0.5) is 15.6 Å². The molecule has 0 aliphatic carbocycles. The van der Waals surface area contributed by atoms with Crippen molar-refractivity contribution in [3.05, 3.63) is 54.4 Å². The summed E-state index contributed by atoms with van der Waals surface area (Å²) in [6, 6.07) is 10.0. The Hall–Kier alpha value is -3.79. The molecule has 27 heavy (non-hydrogen) atoms. The fourth-order valence-electron chi connectivity index (χ4n) is 2.46. The van der Waals surface area contributed by atoms with E-state index in [-0.39, 0.29) is 5.56 Å². The number of pyridine rings is 1. The SMILES string of the molecule is O=C(Nc1ccccc1)Nc1ncc(-c2cc(C(=O)O)c3cn[nH]c3n2)s1. The van der Waals surface area contributed by atoms with Crippen molar-refractivity contribution in [2.75, 3.05) is 10.6 Å². The minimum absolute atomic E-state index is 0.0912. The van der Waals surface area contributed by atoms with Crippen LogP contribution in [0.3, 0.4) is 0 Å². The maximum Gasteiger partial charge on any atom is 0.336 e. The van der Waals surface area contributed by atoms with Gasteiger partial charge in [0.1, 0.15) is 0 Å². The van der Waals surface area contributed by atoms with Crippen LogP contribution in [-0.4, -0.2) is 37.3 Å². The van der Waals surface area contributed by atoms with Crippen molar-refractivity contribution in [3.8, 4) is 10.6 Å². The Morgan fingerprint density at radius 3 is 2.70 bits per heavy atom. The summed E-state index contributed by atoms with van der Waals surface area (Å²) in [7, 11) is 0. The number of hydrogen-bond donors (Lipinski definition) is 4. The van der Waals surface area contributed by atoms with Gasteiger partial charge in [-0.1, -0.05) is 29.5 Å². The number of carbonyl (C=O) groups excluding carboxylic acids is 1. The largest absolute Gasteiger partial charge is 0.478 e. The summed E-state index contributed by atoms with van der Waals surface area (Å²) in [5, 5.41) is 22.0. The minimum Gasteiger partial charge on any atom is -0.478 e. The van der Waals surface area contributed by atoms with Gasteiger partial charge in [0.2, 0.25) is 0 Å². The number of carboxylic acids is 1. The third-order valence-electron chi connectivity index (χ3n) is 3.66. The number of rotatable bonds is 4. The van der Waals surface area contributed by atoms with Crippen LogP contribution in [0.15, 0.2) is 48.8 Å². The van der Waals surface area contributed by atoms with Crippen molar-refractivity contribution < 1.29 is 14.7 Å². The predicted octanol–water partition coefficient (Wildman–Crippen LogP) is 3.42. The first-order valence-electron chi connectivity index (χ1n) is 7.77. The van der Waals surface area contributed by atoms with E-state index < -0.39 is 12.0 Å². The van der Waals surface area contributed by atoms with Gasteiger partial charge in [-0.15, -0.1) is 0 Å². The topological polar surface area (TPSA) is 133 Å². The van der Waals surface area contributed by atoms with Crippen molar-refractivity contribution in [1.82, 2.24) is 20.2 Å². The number of anilines is 2. The quantitative estimate of drug-likeness (QED) is 0.429. The number of para-hydroxylation sites is 1. The molecule has 3 aromatic heterocycles. The highest BCUT2D eigenvalue weighted by atomic mass is 32.1. The number of fused-ring (bicyclic) bond motifs is 1. The van der Waals surface area contributed by atoms with Gasteiger partial charge in [0.05, 0.1) is 27.7 Å². The molecule has 0 unspecified atom stereocenters. The second-order valence-corrected chi connectivity index (χ2v) is 6.50. The third-order valence-corrected chi connectivity index (χ3v) is 4.60. The molecule has 9 nitrogen and oxygen atoms in total. The summed E-state index contributed by atoms with van der Waals surface area (Å²) in [5.74, 6) is -1.07. The Morgan fingerprint density at radius 1 is 1.11 bits per heavy atom. The number of thiazole rings is 1. The summed E-state index contributed by atoms with van der Waals surface area (Å²) in [4.78, 5) is 32.7. The molecule has 1 aromatic carbocycles. The van der Waals surface area contributed by atoms with E-state index in [1.165, 1.54) is 29.8 Å². The molecule has 0 bridgehead atoms. The number of urea groups is 1. The zero-order valence-electron chi connectivity index (χ0n) is 13.6. The number of nitrogens with one attached hydrogen (secondary N) is 3. The van der Waals surface area contributed by atoms with E-state index in [0.29, 0.717) is 32.4 Å². The van der Waals surface area contributed by atoms with Gasteiger partial charge < -0.3 is 10.4 Å². The van der Waals surface area contributed by atoms with Crippen LogP contribution in [0.2, 0.25) is 0 Å². The van der Waals surface area contributed by atoms with Crippen LogP contribution in [0.5, 0.6) is 0 Å². The van der Waals surface area contributed by atoms with Crippen LogP contribution in [0.25, 0.3) is 21.6 Å². The number of aromatic nitrogens is 4. The van der Waals surface area contributed by atoms with Gasteiger partial charge in [-0.2, -0.15) is 5.10 Å². The van der Waals surface area contributed by atoms with E-state index >= 15 is 0 Å². The Balaban J connectivity index is 1.56. The van der Waals surface area contributed by atoms with Gasteiger partial charge in [0.15, 0.2) is 10.8 Å². The molecule has 0 fully saturated rings. The van der Waals surface area contributed by atoms with Crippen molar-refractivity contribution in [3.63, 3.8) is 0 Å². The number of aromatic amines is 1. The Morgan fingerprint density at radius 2 is 1.93 bits per heavy atom. The van der Waals surface area contributed by atoms with Gasteiger partial charge in [-0.05, 0) is 18.2 Å². The van der Waals surface area contributed by atoms with Crippen molar-refractivity contribution in [2.24, 2.45) is 0 Å². The van der Waals surface area contributed by atoms with Gasteiger partial charge >= 0.3 is 12.0 Å². The minimum atomic E-state index is -1.07. The average molecular weight is 380 g/mol. The fraction of sp³-hybridized carbons (Fsp3) is 0. The van der Waals surface area contributed by atoms with Gasteiger partial charge in [0, 0.05) is 11.9 Å². The summed E-state index contributed by atoms with van der Waals surface area (Å²) in [6.07, 6.45) is 2.95. The molecule has 0 atom stereocenters. The smallest absolute Gasteiger partial charge is 0.336 e. The molecule has 0 saturated carbocycles. The molecule has 2 amide bonds. The number of hydrogen-bond acceptors (Lipinski definition) is 6. The number of nitrogens with zero attached hydrogens (tertiary/aromatic N) is 3. The van der Waals surface area contributed by atoms with Gasteiger partial charge in [-0.3, -0.25) is 10.4 Å². The Labute approximate surface area is 156 Å². The molecule has 0 radical (unpaired) electrons. The lowest BCUT2D eigenvalue weighted by Gasteiger charge is -2.04. The maximum atomic E-state index is 12.0. The second-order valence-electron chi connectivity index (χ2n) is 5.47. The molecule has 4 N–H and O–H groups in total. The lowest BCUT2D eigenvalue weighted by atomic mass is 10.1.